The number of aromatic nitrogens is 2. The number of ether oxygens (including phenoxy) is 1. The second-order valence-electron chi connectivity index (χ2n) is 5.10. The lowest BCUT2D eigenvalue weighted by Gasteiger charge is -2.16. The normalized spacial score (nSPS) is 15.4. The highest BCUT2D eigenvalue weighted by Crippen LogP contribution is 2.25. The van der Waals surface area contributed by atoms with E-state index < -0.39 is 0 Å². The highest BCUT2D eigenvalue weighted by molar-refractivity contribution is 9.10. The van der Waals surface area contributed by atoms with Gasteiger partial charge in [-0.05, 0) is 35.8 Å². The van der Waals surface area contributed by atoms with Crippen LogP contribution in [0.4, 0.5) is 0 Å². The minimum absolute atomic E-state index is 0.305. The molecule has 4 nitrogen and oxygen atoms in total. The Morgan fingerprint density at radius 2 is 2.17 bits per heavy atom. The fourth-order valence-corrected chi connectivity index (χ4v) is 2.12. The van der Waals surface area contributed by atoms with Gasteiger partial charge in [-0.3, -0.25) is 0 Å². The Balaban J connectivity index is 1.87. The molecule has 5 heteroatoms. The molecule has 0 atom stereocenters. The van der Waals surface area contributed by atoms with Gasteiger partial charge in [0.1, 0.15) is 17.0 Å². The molecule has 0 N–H and O–H groups in total. The maximum absolute atomic E-state index is 5.70. The fourth-order valence-electron chi connectivity index (χ4n) is 1.74. The van der Waals surface area contributed by atoms with E-state index in [4.69, 9.17) is 4.74 Å². The summed E-state index contributed by atoms with van der Waals surface area (Å²) in [6.07, 6.45) is 2.65. The second kappa shape index (κ2) is 5.97. The highest BCUT2D eigenvalue weighted by atomic mass is 79.9. The van der Waals surface area contributed by atoms with Gasteiger partial charge in [-0.25, -0.2) is 4.98 Å². The number of nitrogens with zero attached hydrogens (tertiary/aromatic N) is 3. The van der Waals surface area contributed by atoms with Gasteiger partial charge >= 0.3 is 0 Å². The molecule has 1 aromatic rings. The SMILES string of the molecule is CC(C)c1nc(Br)cc(OCCN(C)C2CC2)n1. The van der Waals surface area contributed by atoms with Gasteiger partial charge in [-0.2, -0.15) is 4.98 Å². The first-order chi connectivity index (χ1) is 8.56. The zero-order chi connectivity index (χ0) is 13.1. The van der Waals surface area contributed by atoms with Gasteiger partial charge in [-0.15, -0.1) is 0 Å². The van der Waals surface area contributed by atoms with Crippen molar-refractivity contribution in [1.82, 2.24) is 14.9 Å². The van der Waals surface area contributed by atoms with Crippen LogP contribution >= 0.6 is 15.9 Å². The van der Waals surface area contributed by atoms with Crippen LogP contribution in [0.3, 0.4) is 0 Å². The first-order valence-corrected chi connectivity index (χ1v) is 7.23. The molecular formula is C13H20BrN3O. The van der Waals surface area contributed by atoms with Crippen molar-refractivity contribution in [2.45, 2.75) is 38.6 Å². The third-order valence-electron chi connectivity index (χ3n) is 3.07. The van der Waals surface area contributed by atoms with E-state index in [1.807, 2.05) is 6.07 Å². The lowest BCUT2D eigenvalue weighted by molar-refractivity contribution is 0.225. The fraction of sp³-hybridized carbons (Fsp3) is 0.692. The summed E-state index contributed by atoms with van der Waals surface area (Å²) in [5.41, 5.74) is 0. The summed E-state index contributed by atoms with van der Waals surface area (Å²) < 4.78 is 6.49. The number of rotatable bonds is 6. The summed E-state index contributed by atoms with van der Waals surface area (Å²) in [5.74, 6) is 1.78. The number of halogens is 1. The van der Waals surface area contributed by atoms with Gasteiger partial charge in [0.15, 0.2) is 0 Å². The molecule has 1 fully saturated rings. The Morgan fingerprint density at radius 1 is 1.44 bits per heavy atom. The average molecular weight is 314 g/mol. The van der Waals surface area contributed by atoms with Crippen LogP contribution in [0.2, 0.25) is 0 Å². The van der Waals surface area contributed by atoms with Crippen LogP contribution in [0.25, 0.3) is 0 Å². The quantitative estimate of drug-likeness (QED) is 0.757. The minimum atomic E-state index is 0.305. The third kappa shape index (κ3) is 3.92. The maximum Gasteiger partial charge on any atom is 0.217 e. The summed E-state index contributed by atoms with van der Waals surface area (Å²) in [4.78, 5) is 11.1. The van der Waals surface area contributed by atoms with Gasteiger partial charge < -0.3 is 9.64 Å². The van der Waals surface area contributed by atoms with Crippen molar-refractivity contribution in [3.8, 4) is 5.88 Å². The number of likely N-dealkylation sites (N-methyl/N-ethyl adjacent to an activating group) is 1. The Kier molecular flexibility index (Phi) is 4.56. The van der Waals surface area contributed by atoms with E-state index in [0.29, 0.717) is 18.4 Å². The summed E-state index contributed by atoms with van der Waals surface area (Å²) in [5, 5.41) is 0. The summed E-state index contributed by atoms with van der Waals surface area (Å²) in [6.45, 7) is 5.77. The Bertz CT molecular complexity index is 407. The number of hydrogen-bond donors (Lipinski definition) is 0. The minimum Gasteiger partial charge on any atom is -0.476 e. The molecule has 0 saturated heterocycles. The molecule has 2 rings (SSSR count). The smallest absolute Gasteiger partial charge is 0.217 e. The van der Waals surface area contributed by atoms with Crippen LogP contribution in [-0.2, 0) is 0 Å². The van der Waals surface area contributed by atoms with E-state index in [1.165, 1.54) is 12.8 Å². The van der Waals surface area contributed by atoms with E-state index in [9.17, 15) is 0 Å². The monoisotopic (exact) mass is 313 g/mol. The Hall–Kier alpha value is -0.680. The van der Waals surface area contributed by atoms with Gasteiger partial charge in [0.25, 0.3) is 0 Å². The van der Waals surface area contributed by atoms with Crippen LogP contribution in [0, 0.1) is 0 Å². The molecule has 0 spiro atoms. The summed E-state index contributed by atoms with van der Waals surface area (Å²) in [7, 11) is 2.15. The predicted octanol–water partition coefficient (Wildman–Crippen LogP) is 2.84. The van der Waals surface area contributed by atoms with Gasteiger partial charge in [0.05, 0.1) is 0 Å². The molecule has 100 valence electrons. The molecule has 0 amide bonds. The van der Waals surface area contributed by atoms with E-state index in [2.05, 4.69) is 51.7 Å². The molecule has 1 aliphatic rings. The molecule has 1 aromatic heterocycles. The van der Waals surface area contributed by atoms with Crippen molar-refractivity contribution in [1.29, 1.82) is 0 Å². The predicted molar refractivity (Wildman–Crippen MR) is 75.0 cm³/mol. The largest absolute Gasteiger partial charge is 0.476 e. The molecule has 1 heterocycles. The zero-order valence-corrected chi connectivity index (χ0v) is 12.8. The van der Waals surface area contributed by atoms with Crippen LogP contribution in [-0.4, -0.2) is 41.1 Å². The molecule has 0 radical (unpaired) electrons. The lowest BCUT2D eigenvalue weighted by atomic mass is 10.2. The zero-order valence-electron chi connectivity index (χ0n) is 11.2. The molecular weight excluding hydrogens is 294 g/mol. The first kappa shape index (κ1) is 13.7. The highest BCUT2D eigenvalue weighted by Gasteiger charge is 2.25. The van der Waals surface area contributed by atoms with Crippen molar-refractivity contribution in [3.63, 3.8) is 0 Å². The van der Waals surface area contributed by atoms with Crippen molar-refractivity contribution in [2.24, 2.45) is 0 Å². The molecule has 1 aliphatic carbocycles. The third-order valence-corrected chi connectivity index (χ3v) is 3.48. The van der Waals surface area contributed by atoms with Crippen molar-refractivity contribution >= 4 is 15.9 Å². The molecule has 0 bridgehead atoms. The van der Waals surface area contributed by atoms with Gasteiger partial charge in [0, 0.05) is 24.6 Å². The first-order valence-electron chi connectivity index (χ1n) is 6.44. The second-order valence-corrected chi connectivity index (χ2v) is 5.91. The summed E-state index contributed by atoms with van der Waals surface area (Å²) >= 11 is 3.39. The summed E-state index contributed by atoms with van der Waals surface area (Å²) in [6, 6.07) is 2.60. The van der Waals surface area contributed by atoms with E-state index in [0.717, 1.165) is 23.0 Å². The maximum atomic E-state index is 5.70. The Morgan fingerprint density at radius 3 is 2.78 bits per heavy atom. The molecule has 0 aromatic carbocycles. The van der Waals surface area contributed by atoms with Gasteiger partial charge in [0.2, 0.25) is 5.88 Å². The van der Waals surface area contributed by atoms with Crippen LogP contribution < -0.4 is 4.74 Å². The van der Waals surface area contributed by atoms with E-state index >= 15 is 0 Å². The standard InChI is InChI=1S/C13H20BrN3O/c1-9(2)13-15-11(14)8-12(16-13)18-7-6-17(3)10-4-5-10/h8-10H,4-7H2,1-3H3. The van der Waals surface area contributed by atoms with E-state index in [1.54, 1.807) is 0 Å². The average Bonchev–Trinajstić information content (AvgIpc) is 3.11. The Labute approximate surface area is 117 Å². The van der Waals surface area contributed by atoms with Crippen LogP contribution in [0.5, 0.6) is 5.88 Å². The van der Waals surface area contributed by atoms with Crippen molar-refractivity contribution in [3.05, 3.63) is 16.5 Å². The van der Waals surface area contributed by atoms with Gasteiger partial charge in [-0.1, -0.05) is 13.8 Å². The number of hydrogen-bond acceptors (Lipinski definition) is 4. The van der Waals surface area contributed by atoms with Crippen molar-refractivity contribution < 1.29 is 4.74 Å². The molecule has 0 unspecified atom stereocenters. The van der Waals surface area contributed by atoms with Crippen molar-refractivity contribution in [2.75, 3.05) is 20.2 Å². The molecule has 0 aliphatic heterocycles. The molecule has 1 saturated carbocycles. The van der Waals surface area contributed by atoms with E-state index in [-0.39, 0.29) is 0 Å². The topological polar surface area (TPSA) is 38.2 Å². The van der Waals surface area contributed by atoms with Crippen LogP contribution in [0.15, 0.2) is 10.7 Å². The van der Waals surface area contributed by atoms with Crippen LogP contribution in [0.1, 0.15) is 38.4 Å². The lowest BCUT2D eigenvalue weighted by Crippen LogP contribution is -2.26. The molecule has 18 heavy (non-hydrogen) atoms.